The molecule has 6 heteroatoms. The number of hydrogen-bond acceptors (Lipinski definition) is 4. The first-order valence-electron chi connectivity index (χ1n) is 8.54. The van der Waals surface area contributed by atoms with Crippen LogP contribution in [0.25, 0.3) is 0 Å². The van der Waals surface area contributed by atoms with E-state index in [1.54, 1.807) is 30.2 Å². The van der Waals surface area contributed by atoms with Crippen LogP contribution in [0, 0.1) is 5.41 Å². The van der Waals surface area contributed by atoms with Gasteiger partial charge >= 0.3 is 0 Å². The molecule has 0 spiro atoms. The van der Waals surface area contributed by atoms with E-state index in [4.69, 9.17) is 9.47 Å². The van der Waals surface area contributed by atoms with E-state index in [2.05, 4.69) is 20.8 Å². The average molecular weight is 348 g/mol. The number of benzene rings is 1. The predicted molar refractivity (Wildman–Crippen MR) is 96.1 cm³/mol. The minimum absolute atomic E-state index is 0.0273. The van der Waals surface area contributed by atoms with Gasteiger partial charge in [-0.1, -0.05) is 20.8 Å². The number of hydrogen-bond donors (Lipinski definition) is 0. The van der Waals surface area contributed by atoms with Gasteiger partial charge in [0, 0.05) is 38.7 Å². The third-order valence-corrected chi connectivity index (χ3v) is 4.24. The predicted octanol–water partition coefficient (Wildman–Crippen LogP) is 2.42. The Morgan fingerprint density at radius 3 is 2.12 bits per heavy atom. The lowest BCUT2D eigenvalue weighted by Gasteiger charge is -2.36. The van der Waals surface area contributed by atoms with Gasteiger partial charge in [0.25, 0.3) is 5.91 Å². The highest BCUT2D eigenvalue weighted by molar-refractivity contribution is 5.97. The first kappa shape index (κ1) is 19.1. The topological polar surface area (TPSA) is 59.1 Å². The van der Waals surface area contributed by atoms with E-state index in [1.807, 2.05) is 4.90 Å². The zero-order valence-corrected chi connectivity index (χ0v) is 15.8. The van der Waals surface area contributed by atoms with Gasteiger partial charge in [0.15, 0.2) is 0 Å². The van der Waals surface area contributed by atoms with E-state index >= 15 is 0 Å². The van der Waals surface area contributed by atoms with Crippen molar-refractivity contribution in [1.82, 2.24) is 9.80 Å². The Labute approximate surface area is 149 Å². The molecule has 1 aromatic carbocycles. The van der Waals surface area contributed by atoms with Crippen molar-refractivity contribution >= 4 is 11.8 Å². The minimum atomic E-state index is -0.0811. The van der Waals surface area contributed by atoms with Crippen LogP contribution in [0.5, 0.6) is 11.5 Å². The molecule has 0 atom stereocenters. The molecule has 2 rings (SSSR count). The second-order valence-corrected chi connectivity index (χ2v) is 7.48. The number of carbonyl (C=O) groups excluding carboxylic acids is 2. The van der Waals surface area contributed by atoms with Crippen LogP contribution in [0.3, 0.4) is 0 Å². The molecule has 1 aliphatic heterocycles. The van der Waals surface area contributed by atoms with Crippen molar-refractivity contribution < 1.29 is 19.1 Å². The Bertz CT molecular complexity index is 629. The first-order valence-corrected chi connectivity index (χ1v) is 8.54. The zero-order chi connectivity index (χ0) is 18.6. The maximum atomic E-state index is 12.8. The third-order valence-electron chi connectivity index (χ3n) is 4.24. The summed E-state index contributed by atoms with van der Waals surface area (Å²) in [6.07, 6.45) is 0.521. The molecule has 0 N–H and O–H groups in total. The molecule has 2 amide bonds. The summed E-state index contributed by atoms with van der Waals surface area (Å²) < 4.78 is 10.5. The molecule has 6 nitrogen and oxygen atoms in total. The lowest BCUT2D eigenvalue weighted by molar-refractivity contribution is -0.134. The maximum Gasteiger partial charge on any atom is 0.257 e. The van der Waals surface area contributed by atoms with E-state index < -0.39 is 0 Å². The Morgan fingerprint density at radius 2 is 1.60 bits per heavy atom. The fourth-order valence-corrected chi connectivity index (χ4v) is 2.87. The fraction of sp³-hybridized carbons (Fsp3) is 0.579. The monoisotopic (exact) mass is 348 g/mol. The standard InChI is InChI=1S/C19H28N2O4/c1-19(2,3)13-17(22)20-8-10-21(11-9-20)18(23)15-7-6-14(24-4)12-16(15)25-5/h6-7,12H,8-11,13H2,1-5H3. The summed E-state index contributed by atoms with van der Waals surface area (Å²) in [5, 5.41) is 0. The van der Waals surface area contributed by atoms with Gasteiger partial charge in [-0.2, -0.15) is 0 Å². The molecular formula is C19H28N2O4. The fourth-order valence-electron chi connectivity index (χ4n) is 2.87. The van der Waals surface area contributed by atoms with Gasteiger partial charge < -0.3 is 19.3 Å². The van der Waals surface area contributed by atoms with Crippen LogP contribution >= 0.6 is 0 Å². The van der Waals surface area contributed by atoms with E-state index in [0.29, 0.717) is 49.7 Å². The van der Waals surface area contributed by atoms with Crippen molar-refractivity contribution in [2.24, 2.45) is 5.41 Å². The van der Waals surface area contributed by atoms with E-state index in [0.717, 1.165) is 0 Å². The molecule has 0 radical (unpaired) electrons. The molecule has 0 aliphatic carbocycles. The average Bonchev–Trinajstić information content (AvgIpc) is 2.59. The molecular weight excluding hydrogens is 320 g/mol. The smallest absolute Gasteiger partial charge is 0.257 e. The van der Waals surface area contributed by atoms with E-state index in [-0.39, 0.29) is 17.2 Å². The Hall–Kier alpha value is -2.24. The molecule has 138 valence electrons. The second-order valence-electron chi connectivity index (χ2n) is 7.48. The van der Waals surface area contributed by atoms with Gasteiger partial charge in [0.1, 0.15) is 11.5 Å². The first-order chi connectivity index (χ1) is 11.7. The molecule has 25 heavy (non-hydrogen) atoms. The number of ether oxygens (including phenoxy) is 2. The molecule has 0 bridgehead atoms. The number of piperazine rings is 1. The highest BCUT2D eigenvalue weighted by atomic mass is 16.5. The Morgan fingerprint density at radius 1 is 1.00 bits per heavy atom. The number of amides is 2. The highest BCUT2D eigenvalue weighted by Gasteiger charge is 2.28. The lowest BCUT2D eigenvalue weighted by atomic mass is 9.91. The number of rotatable bonds is 4. The molecule has 1 aliphatic rings. The maximum absolute atomic E-state index is 12.8. The summed E-state index contributed by atoms with van der Waals surface area (Å²) in [5.41, 5.74) is 0.485. The summed E-state index contributed by atoms with van der Waals surface area (Å²) in [7, 11) is 3.11. The second kappa shape index (κ2) is 7.76. The molecule has 1 saturated heterocycles. The summed E-state index contributed by atoms with van der Waals surface area (Å²) in [4.78, 5) is 28.7. The van der Waals surface area contributed by atoms with Crippen LogP contribution in [-0.2, 0) is 4.79 Å². The number of methoxy groups -OCH3 is 2. The van der Waals surface area contributed by atoms with Crippen LogP contribution in [0.2, 0.25) is 0 Å². The molecule has 0 aromatic heterocycles. The van der Waals surface area contributed by atoms with E-state index in [9.17, 15) is 9.59 Å². The SMILES string of the molecule is COc1ccc(C(=O)N2CCN(C(=O)CC(C)(C)C)CC2)c(OC)c1. The van der Waals surface area contributed by atoms with Crippen LogP contribution in [0.15, 0.2) is 18.2 Å². The van der Waals surface area contributed by atoms with Crippen molar-refractivity contribution in [2.75, 3.05) is 40.4 Å². The summed E-state index contributed by atoms with van der Waals surface area (Å²) >= 11 is 0. The van der Waals surface area contributed by atoms with Crippen LogP contribution in [0.4, 0.5) is 0 Å². The lowest BCUT2D eigenvalue weighted by Crippen LogP contribution is -2.51. The minimum Gasteiger partial charge on any atom is -0.497 e. The summed E-state index contributed by atoms with van der Waals surface area (Å²) in [6, 6.07) is 5.17. The highest BCUT2D eigenvalue weighted by Crippen LogP contribution is 2.26. The molecule has 0 saturated carbocycles. The molecule has 0 unspecified atom stereocenters. The van der Waals surface area contributed by atoms with E-state index in [1.165, 1.54) is 7.11 Å². The molecule has 1 fully saturated rings. The van der Waals surface area contributed by atoms with Gasteiger partial charge in [-0.25, -0.2) is 0 Å². The van der Waals surface area contributed by atoms with Gasteiger partial charge in [0.2, 0.25) is 5.91 Å². The summed E-state index contributed by atoms with van der Waals surface area (Å²) in [5.74, 6) is 1.21. The van der Waals surface area contributed by atoms with Crippen LogP contribution in [-0.4, -0.2) is 62.0 Å². The van der Waals surface area contributed by atoms with Crippen molar-refractivity contribution in [3.8, 4) is 11.5 Å². The number of carbonyl (C=O) groups is 2. The van der Waals surface area contributed by atoms with Crippen LogP contribution < -0.4 is 9.47 Å². The van der Waals surface area contributed by atoms with Gasteiger partial charge in [0.05, 0.1) is 19.8 Å². The molecule has 1 heterocycles. The van der Waals surface area contributed by atoms with Crippen molar-refractivity contribution in [2.45, 2.75) is 27.2 Å². The zero-order valence-electron chi connectivity index (χ0n) is 15.8. The summed E-state index contributed by atoms with van der Waals surface area (Å²) in [6.45, 7) is 8.37. The van der Waals surface area contributed by atoms with Crippen molar-refractivity contribution in [1.29, 1.82) is 0 Å². The van der Waals surface area contributed by atoms with Gasteiger partial charge in [-0.3, -0.25) is 9.59 Å². The van der Waals surface area contributed by atoms with Crippen molar-refractivity contribution in [3.63, 3.8) is 0 Å². The van der Waals surface area contributed by atoms with Gasteiger partial charge in [-0.05, 0) is 17.5 Å². The number of nitrogens with zero attached hydrogens (tertiary/aromatic N) is 2. The third kappa shape index (κ3) is 4.87. The molecule has 1 aromatic rings. The van der Waals surface area contributed by atoms with Crippen molar-refractivity contribution in [3.05, 3.63) is 23.8 Å². The quantitative estimate of drug-likeness (QED) is 0.838. The Kier molecular flexibility index (Phi) is 5.93. The Balaban J connectivity index is 2.01. The normalized spacial score (nSPS) is 15.1. The largest absolute Gasteiger partial charge is 0.497 e. The van der Waals surface area contributed by atoms with Gasteiger partial charge in [-0.15, -0.1) is 0 Å². The van der Waals surface area contributed by atoms with Crippen LogP contribution in [0.1, 0.15) is 37.6 Å².